The van der Waals surface area contributed by atoms with E-state index in [1.54, 1.807) is 10.6 Å². The maximum atomic E-state index is 13.8. The molecule has 0 unspecified atom stereocenters. The standard InChI is InChI=1S/C24H20FN5/c1-16(17-8-3-2-4-9-17)15-26-23-20-12-5-6-13-21(20)30-24(27-23)22(28-29-30)18-10-7-11-19(25)14-18/h2-14,16H,15H2,1H3,(H,26,27)/t16-/m0/s1. The number of halogens is 1. The molecule has 0 aliphatic carbocycles. The van der Waals surface area contributed by atoms with Crippen molar-refractivity contribution in [1.29, 1.82) is 0 Å². The van der Waals surface area contributed by atoms with Gasteiger partial charge in [0, 0.05) is 17.5 Å². The van der Waals surface area contributed by atoms with Gasteiger partial charge in [0.05, 0.1) is 5.52 Å². The molecule has 5 rings (SSSR count). The molecule has 0 aliphatic heterocycles. The molecule has 2 heterocycles. The van der Waals surface area contributed by atoms with Gasteiger partial charge >= 0.3 is 0 Å². The molecule has 0 amide bonds. The Labute approximate surface area is 173 Å². The van der Waals surface area contributed by atoms with E-state index in [4.69, 9.17) is 4.98 Å². The van der Waals surface area contributed by atoms with Gasteiger partial charge in [-0.3, -0.25) is 0 Å². The number of hydrogen-bond acceptors (Lipinski definition) is 4. The first kappa shape index (κ1) is 18.2. The van der Waals surface area contributed by atoms with Crippen molar-refractivity contribution in [3.63, 3.8) is 0 Å². The van der Waals surface area contributed by atoms with Crippen LogP contribution in [0.1, 0.15) is 18.4 Å². The van der Waals surface area contributed by atoms with Crippen LogP contribution in [0.2, 0.25) is 0 Å². The van der Waals surface area contributed by atoms with Crippen LogP contribution in [0.15, 0.2) is 78.9 Å². The highest BCUT2D eigenvalue weighted by atomic mass is 19.1. The minimum absolute atomic E-state index is 0.314. The van der Waals surface area contributed by atoms with Crippen LogP contribution in [-0.2, 0) is 0 Å². The lowest BCUT2D eigenvalue weighted by Gasteiger charge is -2.15. The van der Waals surface area contributed by atoms with Crippen LogP contribution in [0.4, 0.5) is 10.2 Å². The van der Waals surface area contributed by atoms with Gasteiger partial charge in [-0.2, -0.15) is 4.52 Å². The van der Waals surface area contributed by atoms with Gasteiger partial charge in [-0.05, 0) is 35.7 Å². The molecule has 0 fully saturated rings. The summed E-state index contributed by atoms with van der Waals surface area (Å²) in [6.07, 6.45) is 0. The summed E-state index contributed by atoms with van der Waals surface area (Å²) in [5.41, 5.74) is 3.96. The summed E-state index contributed by atoms with van der Waals surface area (Å²) >= 11 is 0. The smallest absolute Gasteiger partial charge is 0.186 e. The van der Waals surface area contributed by atoms with Crippen molar-refractivity contribution in [1.82, 2.24) is 19.8 Å². The van der Waals surface area contributed by atoms with Crippen LogP contribution in [0.5, 0.6) is 0 Å². The molecular weight excluding hydrogens is 377 g/mol. The Kier molecular flexibility index (Phi) is 4.59. The van der Waals surface area contributed by atoms with Crippen molar-refractivity contribution >= 4 is 22.4 Å². The minimum atomic E-state index is -0.315. The van der Waals surface area contributed by atoms with Crippen molar-refractivity contribution in [2.75, 3.05) is 11.9 Å². The summed E-state index contributed by atoms with van der Waals surface area (Å²) in [6, 6.07) is 24.7. The normalized spacial score (nSPS) is 12.3. The number of para-hydroxylation sites is 1. The van der Waals surface area contributed by atoms with Crippen molar-refractivity contribution in [3.8, 4) is 11.3 Å². The molecule has 0 aliphatic rings. The van der Waals surface area contributed by atoms with E-state index in [0.717, 1.165) is 23.3 Å². The Balaban J connectivity index is 1.59. The molecule has 0 bridgehead atoms. The zero-order valence-electron chi connectivity index (χ0n) is 16.5. The first-order chi connectivity index (χ1) is 14.7. The first-order valence-electron chi connectivity index (χ1n) is 9.89. The van der Waals surface area contributed by atoms with Crippen molar-refractivity contribution < 1.29 is 4.39 Å². The average molecular weight is 397 g/mol. The van der Waals surface area contributed by atoms with Crippen LogP contribution in [0.25, 0.3) is 27.8 Å². The summed E-state index contributed by atoms with van der Waals surface area (Å²) in [5.74, 6) is 0.763. The molecule has 0 spiro atoms. The first-order valence-corrected chi connectivity index (χ1v) is 9.89. The monoisotopic (exact) mass is 397 g/mol. The number of nitrogens with zero attached hydrogens (tertiary/aromatic N) is 4. The van der Waals surface area contributed by atoms with Crippen LogP contribution in [-0.4, -0.2) is 26.4 Å². The molecule has 30 heavy (non-hydrogen) atoms. The second-order valence-electron chi connectivity index (χ2n) is 7.35. The third kappa shape index (κ3) is 3.26. The maximum absolute atomic E-state index is 13.8. The fourth-order valence-electron chi connectivity index (χ4n) is 3.67. The number of aromatic nitrogens is 4. The number of hydrogen-bond donors (Lipinski definition) is 1. The van der Waals surface area contributed by atoms with Gasteiger partial charge in [0.25, 0.3) is 0 Å². The van der Waals surface area contributed by atoms with Gasteiger partial charge in [0.1, 0.15) is 17.3 Å². The summed E-state index contributed by atoms with van der Waals surface area (Å²) in [7, 11) is 0. The Hall–Kier alpha value is -3.80. The second kappa shape index (κ2) is 7.55. The summed E-state index contributed by atoms with van der Waals surface area (Å²) < 4.78 is 15.5. The van der Waals surface area contributed by atoms with Crippen molar-refractivity contribution in [3.05, 3.63) is 90.2 Å². The molecule has 1 atom stereocenters. The maximum Gasteiger partial charge on any atom is 0.186 e. The van der Waals surface area contributed by atoms with Gasteiger partial charge in [-0.1, -0.05) is 66.7 Å². The third-order valence-electron chi connectivity index (χ3n) is 5.29. The zero-order chi connectivity index (χ0) is 20.5. The van der Waals surface area contributed by atoms with Crippen LogP contribution < -0.4 is 5.32 Å². The van der Waals surface area contributed by atoms with Gasteiger partial charge < -0.3 is 5.32 Å². The number of nitrogens with one attached hydrogen (secondary N) is 1. The topological polar surface area (TPSA) is 55.1 Å². The molecule has 148 valence electrons. The Morgan fingerprint density at radius 1 is 0.967 bits per heavy atom. The van der Waals surface area contributed by atoms with Crippen molar-refractivity contribution in [2.45, 2.75) is 12.8 Å². The largest absolute Gasteiger partial charge is 0.369 e. The lowest BCUT2D eigenvalue weighted by Crippen LogP contribution is -2.12. The summed E-state index contributed by atoms with van der Waals surface area (Å²) in [4.78, 5) is 4.84. The predicted octanol–water partition coefficient (Wildman–Crippen LogP) is 5.30. The number of rotatable bonds is 5. The SMILES string of the molecule is C[C@@H](CNc1nc2c(-c3cccc(F)c3)nnn2c2ccccc12)c1ccccc1. The van der Waals surface area contributed by atoms with Crippen LogP contribution >= 0.6 is 0 Å². The molecule has 5 nitrogen and oxygen atoms in total. The molecule has 5 aromatic rings. The van der Waals surface area contributed by atoms with Gasteiger partial charge in [0.15, 0.2) is 5.65 Å². The van der Waals surface area contributed by atoms with Gasteiger partial charge in [-0.25, -0.2) is 9.37 Å². The third-order valence-corrected chi connectivity index (χ3v) is 5.29. The summed E-state index contributed by atoms with van der Waals surface area (Å²) in [5, 5.41) is 13.1. The predicted molar refractivity (Wildman–Crippen MR) is 117 cm³/mol. The lowest BCUT2D eigenvalue weighted by atomic mass is 10.0. The minimum Gasteiger partial charge on any atom is -0.369 e. The lowest BCUT2D eigenvalue weighted by molar-refractivity contribution is 0.628. The average Bonchev–Trinajstić information content (AvgIpc) is 3.22. The molecule has 0 saturated carbocycles. The highest BCUT2D eigenvalue weighted by Crippen LogP contribution is 2.28. The van der Waals surface area contributed by atoms with E-state index < -0.39 is 0 Å². The highest BCUT2D eigenvalue weighted by molar-refractivity contribution is 5.93. The van der Waals surface area contributed by atoms with Crippen LogP contribution in [0, 0.1) is 5.82 Å². The second-order valence-corrected chi connectivity index (χ2v) is 7.35. The molecule has 3 aromatic carbocycles. The van der Waals surface area contributed by atoms with E-state index >= 15 is 0 Å². The Bertz CT molecular complexity index is 1330. The van der Waals surface area contributed by atoms with Gasteiger partial charge in [-0.15, -0.1) is 5.10 Å². The molecule has 1 N–H and O–H groups in total. The summed E-state index contributed by atoms with van der Waals surface area (Å²) in [6.45, 7) is 2.91. The van der Waals surface area contributed by atoms with E-state index in [1.165, 1.54) is 17.7 Å². The number of anilines is 1. The Morgan fingerprint density at radius 3 is 2.60 bits per heavy atom. The fourth-order valence-corrected chi connectivity index (χ4v) is 3.67. The van der Waals surface area contributed by atoms with Crippen molar-refractivity contribution in [2.24, 2.45) is 0 Å². The molecule has 0 saturated heterocycles. The molecule has 0 radical (unpaired) electrons. The molecule has 6 heteroatoms. The molecular formula is C24H20FN5. The molecule has 2 aromatic heterocycles. The highest BCUT2D eigenvalue weighted by Gasteiger charge is 2.16. The van der Waals surface area contributed by atoms with E-state index in [2.05, 4.69) is 46.8 Å². The van der Waals surface area contributed by atoms with E-state index in [0.29, 0.717) is 22.8 Å². The quantitative estimate of drug-likeness (QED) is 0.437. The van der Waals surface area contributed by atoms with E-state index in [1.807, 2.05) is 36.4 Å². The van der Waals surface area contributed by atoms with E-state index in [9.17, 15) is 4.39 Å². The van der Waals surface area contributed by atoms with Gasteiger partial charge in [0.2, 0.25) is 0 Å². The fraction of sp³-hybridized carbons (Fsp3) is 0.125. The Morgan fingerprint density at radius 2 is 1.77 bits per heavy atom. The number of benzene rings is 3. The zero-order valence-corrected chi connectivity index (χ0v) is 16.5. The number of fused-ring (bicyclic) bond motifs is 3. The van der Waals surface area contributed by atoms with Crippen LogP contribution in [0.3, 0.4) is 0 Å². The van der Waals surface area contributed by atoms with E-state index in [-0.39, 0.29) is 5.82 Å².